The first-order chi connectivity index (χ1) is 9.76. The number of nitrogens with one attached hydrogen (secondary N) is 1. The minimum Gasteiger partial charge on any atom is -0.384 e. The van der Waals surface area contributed by atoms with E-state index in [4.69, 9.17) is 9.26 Å². The van der Waals surface area contributed by atoms with Crippen LogP contribution in [0.3, 0.4) is 0 Å². The van der Waals surface area contributed by atoms with Crippen LogP contribution in [0.4, 0.5) is 0 Å². The Morgan fingerprint density at radius 2 is 2.05 bits per heavy atom. The molecule has 0 saturated heterocycles. The van der Waals surface area contributed by atoms with Gasteiger partial charge in [0.25, 0.3) is 0 Å². The van der Waals surface area contributed by atoms with E-state index in [1.54, 1.807) is 7.11 Å². The molecule has 2 rings (SSSR count). The molecule has 20 heavy (non-hydrogen) atoms. The van der Waals surface area contributed by atoms with Gasteiger partial charge in [0.15, 0.2) is 5.82 Å². The van der Waals surface area contributed by atoms with Crippen LogP contribution in [0.5, 0.6) is 0 Å². The molecule has 0 aliphatic rings. The van der Waals surface area contributed by atoms with Gasteiger partial charge in [0.05, 0.1) is 12.5 Å². The molecule has 2 aromatic rings. The normalized spacial score (nSPS) is 14.2. The number of nitrogens with zero attached hydrogens (tertiary/aromatic N) is 2. The lowest BCUT2D eigenvalue weighted by Crippen LogP contribution is -2.22. The molecule has 1 N–H and O–H groups in total. The topological polar surface area (TPSA) is 60.2 Å². The Morgan fingerprint density at radius 3 is 2.70 bits per heavy atom. The monoisotopic (exact) mass is 275 g/mol. The van der Waals surface area contributed by atoms with Crippen molar-refractivity contribution in [3.8, 4) is 0 Å². The van der Waals surface area contributed by atoms with Crippen LogP contribution in [-0.4, -0.2) is 30.9 Å². The van der Waals surface area contributed by atoms with Crippen LogP contribution < -0.4 is 5.32 Å². The van der Waals surface area contributed by atoms with Crippen LogP contribution >= 0.6 is 0 Å². The number of likely N-dealkylation sites (N-methyl/N-ethyl adjacent to an activating group) is 1. The second kappa shape index (κ2) is 7.17. The van der Waals surface area contributed by atoms with E-state index in [1.165, 1.54) is 5.56 Å². The minimum absolute atomic E-state index is 0.103. The zero-order chi connectivity index (χ0) is 14.4. The van der Waals surface area contributed by atoms with Gasteiger partial charge in [-0.2, -0.15) is 4.98 Å². The average Bonchev–Trinajstić information content (AvgIpc) is 2.96. The molecule has 0 amide bonds. The molecule has 0 bridgehead atoms. The second-order valence-corrected chi connectivity index (χ2v) is 4.76. The van der Waals surface area contributed by atoms with Gasteiger partial charge in [-0.05, 0) is 12.6 Å². The number of rotatable bonds is 7. The fraction of sp³-hybridized carbons (Fsp3) is 0.467. The highest BCUT2D eigenvalue weighted by molar-refractivity contribution is 5.21. The van der Waals surface area contributed by atoms with Crippen molar-refractivity contribution >= 4 is 0 Å². The predicted octanol–water partition coefficient (Wildman–Crippen LogP) is 2.32. The summed E-state index contributed by atoms with van der Waals surface area (Å²) in [6, 6.07) is 10.4. The van der Waals surface area contributed by atoms with Gasteiger partial charge in [-0.15, -0.1) is 0 Å². The van der Waals surface area contributed by atoms with Gasteiger partial charge in [-0.3, -0.25) is 0 Å². The molecule has 2 atom stereocenters. The van der Waals surface area contributed by atoms with Gasteiger partial charge in [0.2, 0.25) is 5.89 Å². The predicted molar refractivity (Wildman–Crippen MR) is 76.5 cm³/mol. The van der Waals surface area contributed by atoms with Crippen molar-refractivity contribution in [2.24, 2.45) is 0 Å². The molecule has 0 radical (unpaired) electrons. The quantitative estimate of drug-likeness (QED) is 0.840. The van der Waals surface area contributed by atoms with Gasteiger partial charge >= 0.3 is 0 Å². The molecular weight excluding hydrogens is 254 g/mol. The first kappa shape index (κ1) is 14.7. The van der Waals surface area contributed by atoms with Crippen LogP contribution in [-0.2, 0) is 11.2 Å². The van der Waals surface area contributed by atoms with E-state index in [0.717, 1.165) is 0 Å². The Bertz CT molecular complexity index is 513. The Kier molecular flexibility index (Phi) is 5.26. The molecule has 2 unspecified atom stereocenters. The summed E-state index contributed by atoms with van der Waals surface area (Å²) in [6.45, 7) is 2.68. The summed E-state index contributed by atoms with van der Waals surface area (Å²) < 4.78 is 10.4. The highest BCUT2D eigenvalue weighted by Gasteiger charge is 2.24. The zero-order valence-corrected chi connectivity index (χ0v) is 12.2. The van der Waals surface area contributed by atoms with Gasteiger partial charge in [0.1, 0.15) is 0 Å². The standard InChI is InChI=1S/C15H21N3O2/c1-11(14(16-2)12-7-5-4-6-8-12)15-17-13(18-20-15)9-10-19-3/h4-8,11,14,16H,9-10H2,1-3H3. The van der Waals surface area contributed by atoms with Gasteiger partial charge in [0, 0.05) is 19.6 Å². The van der Waals surface area contributed by atoms with Crippen molar-refractivity contribution in [3.63, 3.8) is 0 Å². The third kappa shape index (κ3) is 3.43. The smallest absolute Gasteiger partial charge is 0.231 e. The third-order valence-corrected chi connectivity index (χ3v) is 3.37. The molecule has 108 valence electrons. The maximum absolute atomic E-state index is 5.37. The SMILES string of the molecule is CNC(c1ccccc1)C(C)c1nc(CCOC)no1. The third-order valence-electron chi connectivity index (χ3n) is 3.37. The number of methoxy groups -OCH3 is 1. The van der Waals surface area contributed by atoms with E-state index < -0.39 is 0 Å². The fourth-order valence-corrected chi connectivity index (χ4v) is 2.26. The van der Waals surface area contributed by atoms with Gasteiger partial charge < -0.3 is 14.6 Å². The average molecular weight is 275 g/mol. The number of benzene rings is 1. The Hall–Kier alpha value is -1.72. The molecule has 5 heteroatoms. The minimum atomic E-state index is 0.103. The van der Waals surface area contributed by atoms with Crippen molar-refractivity contribution in [2.75, 3.05) is 20.8 Å². The number of hydrogen-bond acceptors (Lipinski definition) is 5. The molecule has 5 nitrogen and oxygen atoms in total. The second-order valence-electron chi connectivity index (χ2n) is 4.76. The summed E-state index contributed by atoms with van der Waals surface area (Å²) in [4.78, 5) is 4.44. The Labute approximate surface area is 119 Å². The number of aromatic nitrogens is 2. The zero-order valence-electron chi connectivity index (χ0n) is 12.2. The van der Waals surface area contributed by atoms with Crippen molar-refractivity contribution in [2.45, 2.75) is 25.3 Å². The van der Waals surface area contributed by atoms with Crippen LogP contribution in [0.15, 0.2) is 34.9 Å². The maximum Gasteiger partial charge on any atom is 0.231 e. The van der Waals surface area contributed by atoms with Crippen molar-refractivity contribution in [1.82, 2.24) is 15.5 Å². The lowest BCUT2D eigenvalue weighted by atomic mass is 9.94. The molecule has 1 heterocycles. The summed E-state index contributed by atoms with van der Waals surface area (Å²) in [5, 5.41) is 7.31. The lowest BCUT2D eigenvalue weighted by Gasteiger charge is -2.21. The van der Waals surface area contributed by atoms with Gasteiger partial charge in [-0.25, -0.2) is 0 Å². The van der Waals surface area contributed by atoms with E-state index in [0.29, 0.717) is 24.7 Å². The summed E-state index contributed by atoms with van der Waals surface area (Å²) >= 11 is 0. The molecule has 1 aromatic heterocycles. The first-order valence-electron chi connectivity index (χ1n) is 6.80. The fourth-order valence-electron chi connectivity index (χ4n) is 2.26. The van der Waals surface area contributed by atoms with Crippen LogP contribution in [0.2, 0.25) is 0 Å². The van der Waals surface area contributed by atoms with Crippen LogP contribution in [0.1, 0.15) is 36.2 Å². The highest BCUT2D eigenvalue weighted by atomic mass is 16.5. The van der Waals surface area contributed by atoms with Gasteiger partial charge in [-0.1, -0.05) is 42.4 Å². The molecular formula is C15H21N3O2. The molecule has 0 aliphatic heterocycles. The van der Waals surface area contributed by atoms with Crippen molar-refractivity contribution < 1.29 is 9.26 Å². The summed E-state index contributed by atoms with van der Waals surface area (Å²) in [5.74, 6) is 1.45. The summed E-state index contributed by atoms with van der Waals surface area (Å²) in [5.41, 5.74) is 1.21. The van der Waals surface area contributed by atoms with Crippen molar-refractivity contribution in [1.29, 1.82) is 0 Å². The molecule has 0 saturated carbocycles. The number of hydrogen-bond donors (Lipinski definition) is 1. The van der Waals surface area contributed by atoms with E-state index in [1.807, 2.05) is 25.2 Å². The molecule has 1 aromatic carbocycles. The summed E-state index contributed by atoms with van der Waals surface area (Å²) in [7, 11) is 3.60. The first-order valence-corrected chi connectivity index (χ1v) is 6.80. The van der Waals surface area contributed by atoms with E-state index in [2.05, 4.69) is 34.5 Å². The largest absolute Gasteiger partial charge is 0.384 e. The van der Waals surface area contributed by atoms with Crippen LogP contribution in [0.25, 0.3) is 0 Å². The summed E-state index contributed by atoms with van der Waals surface area (Å²) in [6.07, 6.45) is 0.669. The van der Waals surface area contributed by atoms with Crippen LogP contribution in [0, 0.1) is 0 Å². The maximum atomic E-state index is 5.37. The van der Waals surface area contributed by atoms with Crippen molar-refractivity contribution in [3.05, 3.63) is 47.6 Å². The van der Waals surface area contributed by atoms with E-state index >= 15 is 0 Å². The Balaban J connectivity index is 2.12. The van der Waals surface area contributed by atoms with E-state index in [-0.39, 0.29) is 12.0 Å². The Morgan fingerprint density at radius 1 is 1.30 bits per heavy atom. The lowest BCUT2D eigenvalue weighted by molar-refractivity contribution is 0.199. The number of ether oxygens (including phenoxy) is 1. The molecule has 0 spiro atoms. The molecule has 0 fully saturated rings. The highest BCUT2D eigenvalue weighted by Crippen LogP contribution is 2.29. The molecule has 0 aliphatic carbocycles. The van der Waals surface area contributed by atoms with E-state index in [9.17, 15) is 0 Å².